The molecule has 1 saturated carbocycles. The topological polar surface area (TPSA) is 49.0 Å². The van der Waals surface area contributed by atoms with Crippen LogP contribution in [0.3, 0.4) is 0 Å². The predicted octanol–water partition coefficient (Wildman–Crippen LogP) is 4.91. The van der Waals surface area contributed by atoms with E-state index in [0.29, 0.717) is 26.4 Å². The largest absolute Gasteiger partial charge is 0.376 e. The Morgan fingerprint density at radius 3 is 1.76 bits per heavy atom. The normalized spacial score (nSPS) is 22.5. The van der Waals surface area contributed by atoms with E-state index in [2.05, 4.69) is 41.9 Å². The van der Waals surface area contributed by atoms with Gasteiger partial charge in [-0.15, -0.1) is 0 Å². The number of hydrogen-bond donors (Lipinski definition) is 1. The molecule has 0 unspecified atom stereocenters. The van der Waals surface area contributed by atoms with Crippen molar-refractivity contribution in [1.82, 2.24) is 5.48 Å². The van der Waals surface area contributed by atoms with E-state index in [0.717, 1.165) is 23.1 Å². The van der Waals surface area contributed by atoms with E-state index in [1.807, 2.05) is 54.6 Å². The molecule has 0 aromatic heterocycles. The third kappa shape index (κ3) is 6.97. The Labute approximate surface area is 196 Å². The first-order valence-corrected chi connectivity index (χ1v) is 11.5. The van der Waals surface area contributed by atoms with Crippen LogP contribution in [-0.2, 0) is 38.9 Å². The molecule has 0 amide bonds. The average molecular weight is 448 g/mol. The monoisotopic (exact) mass is 447 g/mol. The van der Waals surface area contributed by atoms with Gasteiger partial charge in [0.25, 0.3) is 0 Å². The molecule has 3 aromatic carbocycles. The summed E-state index contributed by atoms with van der Waals surface area (Å²) in [6, 6.07) is 30.8. The number of hydrogen-bond acceptors (Lipinski definition) is 5. The fourth-order valence-corrected chi connectivity index (χ4v) is 4.39. The van der Waals surface area contributed by atoms with Crippen LogP contribution in [0.2, 0.25) is 0 Å². The molecule has 0 radical (unpaired) electrons. The summed E-state index contributed by atoms with van der Waals surface area (Å²) in [5.41, 5.74) is 6.61. The number of nitrogens with one attached hydrogen (secondary N) is 1. The van der Waals surface area contributed by atoms with Gasteiger partial charge in [-0.3, -0.25) is 0 Å². The molecular formula is C28H33NO4. The van der Waals surface area contributed by atoms with Gasteiger partial charge in [0, 0.05) is 12.0 Å². The highest BCUT2D eigenvalue weighted by atomic mass is 16.6. The third-order valence-corrected chi connectivity index (χ3v) is 6.07. The number of ether oxygens (including phenoxy) is 3. The summed E-state index contributed by atoms with van der Waals surface area (Å²) in [5, 5.41) is 0. The van der Waals surface area contributed by atoms with Crippen molar-refractivity contribution in [3.8, 4) is 0 Å². The molecule has 0 heterocycles. The van der Waals surface area contributed by atoms with E-state index < -0.39 is 0 Å². The lowest BCUT2D eigenvalue weighted by molar-refractivity contribution is -0.0976. The van der Waals surface area contributed by atoms with E-state index in [4.69, 9.17) is 19.0 Å². The van der Waals surface area contributed by atoms with Crippen LogP contribution in [0.5, 0.6) is 0 Å². The lowest BCUT2D eigenvalue weighted by Crippen LogP contribution is -2.39. The van der Waals surface area contributed by atoms with Crippen LogP contribution in [0.1, 0.15) is 23.1 Å². The van der Waals surface area contributed by atoms with Gasteiger partial charge in [-0.25, -0.2) is 0 Å². The molecule has 174 valence electrons. The smallest absolute Gasteiger partial charge is 0.0907 e. The maximum atomic E-state index is 6.48. The lowest BCUT2D eigenvalue weighted by atomic mass is 10.0. The van der Waals surface area contributed by atoms with Crippen molar-refractivity contribution < 1.29 is 19.0 Å². The van der Waals surface area contributed by atoms with Gasteiger partial charge in [0.1, 0.15) is 0 Å². The first-order valence-electron chi connectivity index (χ1n) is 11.5. The van der Waals surface area contributed by atoms with Crippen LogP contribution in [0.15, 0.2) is 91.0 Å². The van der Waals surface area contributed by atoms with Gasteiger partial charge in [-0.1, -0.05) is 91.0 Å². The molecule has 0 saturated heterocycles. The van der Waals surface area contributed by atoms with E-state index >= 15 is 0 Å². The zero-order valence-electron chi connectivity index (χ0n) is 19.1. The summed E-state index contributed by atoms with van der Waals surface area (Å²) in [6.45, 7) is 2.21. The van der Waals surface area contributed by atoms with Gasteiger partial charge in [0.2, 0.25) is 0 Å². The second kappa shape index (κ2) is 12.6. The molecule has 3 aromatic rings. The number of benzene rings is 3. The standard InChI is InChI=1S/C28H33NO4/c1-30-29-26-17-27(32-19-23-13-7-3-8-14-23)28(33-20-24-15-9-4-10-16-24)25(26)21-31-18-22-11-5-2-6-12-22/h2-16,25-29H,17-21H2,1H3/t25-,26+,27+,28+/m0/s1. The highest BCUT2D eigenvalue weighted by molar-refractivity contribution is 5.15. The van der Waals surface area contributed by atoms with Crippen molar-refractivity contribution in [3.05, 3.63) is 108 Å². The lowest BCUT2D eigenvalue weighted by Gasteiger charge is -2.27. The molecule has 1 aliphatic rings. The Kier molecular flexibility index (Phi) is 9.04. The quantitative estimate of drug-likeness (QED) is 0.400. The van der Waals surface area contributed by atoms with Crippen molar-refractivity contribution in [2.75, 3.05) is 13.7 Å². The second-order valence-electron chi connectivity index (χ2n) is 8.43. The molecule has 33 heavy (non-hydrogen) atoms. The highest BCUT2D eigenvalue weighted by Gasteiger charge is 2.45. The Balaban J connectivity index is 1.44. The Bertz CT molecular complexity index is 922. The van der Waals surface area contributed by atoms with Crippen LogP contribution in [0, 0.1) is 5.92 Å². The highest BCUT2D eigenvalue weighted by Crippen LogP contribution is 2.33. The summed E-state index contributed by atoms with van der Waals surface area (Å²) in [7, 11) is 1.65. The van der Waals surface area contributed by atoms with E-state index in [1.165, 1.54) is 0 Å². The molecule has 1 N–H and O–H groups in total. The minimum absolute atomic E-state index is 0.0631. The Morgan fingerprint density at radius 2 is 1.21 bits per heavy atom. The minimum Gasteiger partial charge on any atom is -0.376 e. The van der Waals surface area contributed by atoms with Crippen molar-refractivity contribution in [1.29, 1.82) is 0 Å². The number of rotatable bonds is 12. The van der Waals surface area contributed by atoms with Gasteiger partial charge in [-0.05, 0) is 23.1 Å². The van der Waals surface area contributed by atoms with Gasteiger partial charge in [0.05, 0.1) is 45.7 Å². The van der Waals surface area contributed by atoms with Gasteiger partial charge in [-0.2, -0.15) is 5.48 Å². The SMILES string of the molecule is CON[C@@H]1C[C@@H](OCc2ccccc2)[C@H](OCc2ccccc2)[C@H]1COCc1ccccc1. The summed E-state index contributed by atoms with van der Waals surface area (Å²) in [6.07, 6.45) is 0.615. The average Bonchev–Trinajstić information content (AvgIpc) is 3.19. The van der Waals surface area contributed by atoms with Crippen LogP contribution in [-0.4, -0.2) is 32.0 Å². The summed E-state index contributed by atoms with van der Waals surface area (Å²) >= 11 is 0. The molecule has 0 spiro atoms. The van der Waals surface area contributed by atoms with Gasteiger partial charge in [0.15, 0.2) is 0 Å². The molecule has 1 aliphatic carbocycles. The first-order chi connectivity index (χ1) is 16.3. The van der Waals surface area contributed by atoms with Crippen molar-refractivity contribution in [3.63, 3.8) is 0 Å². The molecule has 5 nitrogen and oxygen atoms in total. The Morgan fingerprint density at radius 1 is 0.697 bits per heavy atom. The van der Waals surface area contributed by atoms with Crippen LogP contribution in [0.25, 0.3) is 0 Å². The zero-order valence-corrected chi connectivity index (χ0v) is 19.1. The molecular weight excluding hydrogens is 414 g/mol. The molecule has 4 rings (SSSR count). The van der Waals surface area contributed by atoms with Crippen molar-refractivity contribution in [2.45, 2.75) is 44.5 Å². The first kappa shape index (κ1) is 23.6. The summed E-state index contributed by atoms with van der Waals surface area (Å²) in [4.78, 5) is 5.33. The molecule has 5 heteroatoms. The predicted molar refractivity (Wildman–Crippen MR) is 128 cm³/mol. The molecule has 0 aliphatic heterocycles. The Hall–Kier alpha value is -2.54. The second-order valence-corrected chi connectivity index (χ2v) is 8.43. The fourth-order valence-electron chi connectivity index (χ4n) is 4.39. The van der Waals surface area contributed by atoms with Crippen LogP contribution < -0.4 is 5.48 Å². The van der Waals surface area contributed by atoms with Gasteiger partial charge < -0.3 is 19.0 Å². The zero-order chi connectivity index (χ0) is 22.7. The van der Waals surface area contributed by atoms with Crippen molar-refractivity contribution >= 4 is 0 Å². The minimum atomic E-state index is -0.114. The maximum absolute atomic E-state index is 6.48. The van der Waals surface area contributed by atoms with Crippen LogP contribution >= 0.6 is 0 Å². The fraction of sp³-hybridized carbons (Fsp3) is 0.357. The van der Waals surface area contributed by atoms with E-state index in [9.17, 15) is 0 Å². The van der Waals surface area contributed by atoms with Crippen molar-refractivity contribution in [2.24, 2.45) is 5.92 Å². The van der Waals surface area contributed by atoms with E-state index in [-0.39, 0.29) is 24.2 Å². The van der Waals surface area contributed by atoms with Crippen LogP contribution in [0.4, 0.5) is 0 Å². The van der Waals surface area contributed by atoms with E-state index in [1.54, 1.807) is 7.11 Å². The summed E-state index contributed by atoms with van der Waals surface area (Å²) in [5.74, 6) is 0.0955. The maximum Gasteiger partial charge on any atom is 0.0907 e. The van der Waals surface area contributed by atoms with Gasteiger partial charge >= 0.3 is 0 Å². The summed E-state index contributed by atoms with van der Waals surface area (Å²) < 4.78 is 19.0. The molecule has 0 bridgehead atoms. The molecule has 4 atom stereocenters. The third-order valence-electron chi connectivity index (χ3n) is 6.07. The molecule has 1 fully saturated rings. The number of hydroxylamine groups is 1.